The standard InChI is InChI=1S/C18H28N2O4S/c1-14(2)5-3-11-19-18(21)15-7-9-17(10-8-15)25(22,23)20-13-16-6-4-12-24-16/h7-10,14,16,20H,3-6,11-13H2,1-2H3,(H,19,21). The Hall–Kier alpha value is -1.44. The fourth-order valence-corrected chi connectivity index (χ4v) is 3.76. The van der Waals surface area contributed by atoms with E-state index in [-0.39, 0.29) is 23.5 Å². The highest BCUT2D eigenvalue weighted by Gasteiger charge is 2.20. The first-order valence-electron chi connectivity index (χ1n) is 8.88. The molecule has 1 aromatic carbocycles. The van der Waals surface area contributed by atoms with Crippen LogP contribution in [0, 0.1) is 5.92 Å². The Morgan fingerprint density at radius 1 is 1.28 bits per heavy atom. The summed E-state index contributed by atoms with van der Waals surface area (Å²) in [5.41, 5.74) is 0.461. The van der Waals surface area contributed by atoms with Gasteiger partial charge in [0.25, 0.3) is 5.91 Å². The largest absolute Gasteiger partial charge is 0.377 e. The van der Waals surface area contributed by atoms with Crippen molar-refractivity contribution >= 4 is 15.9 Å². The minimum absolute atomic E-state index is 0.0503. The Kier molecular flexibility index (Phi) is 7.40. The van der Waals surface area contributed by atoms with E-state index in [1.54, 1.807) is 12.1 Å². The molecule has 0 aromatic heterocycles. The molecule has 1 aliphatic rings. The molecule has 0 spiro atoms. The van der Waals surface area contributed by atoms with Crippen LogP contribution >= 0.6 is 0 Å². The number of ether oxygens (including phenoxy) is 1. The molecule has 0 radical (unpaired) electrons. The maximum absolute atomic E-state index is 12.3. The smallest absolute Gasteiger partial charge is 0.251 e. The van der Waals surface area contributed by atoms with E-state index in [1.807, 2.05) is 0 Å². The zero-order valence-corrected chi connectivity index (χ0v) is 15.8. The molecule has 1 fully saturated rings. The molecule has 1 aliphatic heterocycles. The molecule has 1 heterocycles. The highest BCUT2D eigenvalue weighted by atomic mass is 32.2. The van der Waals surface area contributed by atoms with E-state index < -0.39 is 10.0 Å². The second-order valence-corrected chi connectivity index (χ2v) is 8.57. The van der Waals surface area contributed by atoms with Gasteiger partial charge in [0.2, 0.25) is 10.0 Å². The minimum atomic E-state index is -3.58. The number of rotatable bonds is 9. The van der Waals surface area contributed by atoms with Crippen LogP contribution in [0.2, 0.25) is 0 Å². The molecule has 2 rings (SSSR count). The van der Waals surface area contributed by atoms with Crippen molar-refractivity contribution in [2.45, 2.75) is 50.5 Å². The van der Waals surface area contributed by atoms with Gasteiger partial charge in [0.1, 0.15) is 0 Å². The Morgan fingerprint density at radius 2 is 2.00 bits per heavy atom. The lowest BCUT2D eigenvalue weighted by atomic mass is 10.1. The molecule has 0 bridgehead atoms. The number of carbonyl (C=O) groups excluding carboxylic acids is 1. The molecular weight excluding hydrogens is 340 g/mol. The lowest BCUT2D eigenvalue weighted by molar-refractivity contribution is 0.0952. The number of sulfonamides is 1. The van der Waals surface area contributed by atoms with Gasteiger partial charge in [-0.2, -0.15) is 0 Å². The topological polar surface area (TPSA) is 84.5 Å². The molecule has 0 saturated carbocycles. The molecule has 2 N–H and O–H groups in total. The summed E-state index contributed by atoms with van der Waals surface area (Å²) in [6.07, 6.45) is 3.79. The van der Waals surface area contributed by atoms with Gasteiger partial charge in [0.15, 0.2) is 0 Å². The van der Waals surface area contributed by atoms with Crippen molar-refractivity contribution in [2.75, 3.05) is 19.7 Å². The van der Waals surface area contributed by atoms with Gasteiger partial charge in [-0.3, -0.25) is 4.79 Å². The van der Waals surface area contributed by atoms with Crippen molar-refractivity contribution in [3.8, 4) is 0 Å². The summed E-state index contributed by atoms with van der Waals surface area (Å²) < 4.78 is 32.5. The SMILES string of the molecule is CC(C)CCCNC(=O)c1ccc(S(=O)(=O)NCC2CCCO2)cc1. The van der Waals surface area contributed by atoms with Crippen LogP contribution < -0.4 is 10.0 Å². The monoisotopic (exact) mass is 368 g/mol. The van der Waals surface area contributed by atoms with Gasteiger partial charge >= 0.3 is 0 Å². The third-order valence-corrected chi connectivity index (χ3v) is 5.64. The fourth-order valence-electron chi connectivity index (χ4n) is 2.69. The Balaban J connectivity index is 1.86. The van der Waals surface area contributed by atoms with Crippen molar-refractivity contribution in [3.05, 3.63) is 29.8 Å². The fraction of sp³-hybridized carbons (Fsp3) is 0.611. The summed E-state index contributed by atoms with van der Waals surface area (Å²) >= 11 is 0. The van der Waals surface area contributed by atoms with Gasteiger partial charge in [-0.15, -0.1) is 0 Å². The zero-order valence-electron chi connectivity index (χ0n) is 15.0. The Morgan fingerprint density at radius 3 is 2.60 bits per heavy atom. The van der Waals surface area contributed by atoms with Gasteiger partial charge in [0.05, 0.1) is 11.0 Å². The van der Waals surface area contributed by atoms with Crippen molar-refractivity contribution in [2.24, 2.45) is 5.92 Å². The summed E-state index contributed by atoms with van der Waals surface area (Å²) in [5, 5.41) is 2.85. The van der Waals surface area contributed by atoms with Crippen LogP contribution in [0.4, 0.5) is 0 Å². The summed E-state index contributed by atoms with van der Waals surface area (Å²) in [5.74, 6) is 0.434. The molecule has 1 amide bonds. The molecule has 6 nitrogen and oxygen atoms in total. The Labute approximate surface area is 150 Å². The second kappa shape index (κ2) is 9.31. The number of amides is 1. The van der Waals surface area contributed by atoms with E-state index in [4.69, 9.17) is 4.74 Å². The van der Waals surface area contributed by atoms with E-state index in [0.717, 1.165) is 25.7 Å². The normalized spacial score (nSPS) is 17.8. The third-order valence-electron chi connectivity index (χ3n) is 4.20. The number of benzene rings is 1. The maximum atomic E-state index is 12.3. The number of hydrogen-bond donors (Lipinski definition) is 2. The lowest BCUT2D eigenvalue weighted by Crippen LogP contribution is -2.32. The predicted octanol–water partition coefficient (Wildman–Crippen LogP) is 2.31. The number of nitrogens with one attached hydrogen (secondary N) is 2. The average molecular weight is 368 g/mol. The van der Waals surface area contributed by atoms with Crippen LogP contribution in [0.15, 0.2) is 29.2 Å². The van der Waals surface area contributed by atoms with Crippen LogP contribution in [0.3, 0.4) is 0 Å². The zero-order chi connectivity index (χ0) is 18.3. The van der Waals surface area contributed by atoms with Crippen molar-refractivity contribution in [1.82, 2.24) is 10.0 Å². The van der Waals surface area contributed by atoms with Gasteiger partial charge < -0.3 is 10.1 Å². The molecule has 1 atom stereocenters. The highest BCUT2D eigenvalue weighted by molar-refractivity contribution is 7.89. The van der Waals surface area contributed by atoms with Crippen molar-refractivity contribution < 1.29 is 17.9 Å². The minimum Gasteiger partial charge on any atom is -0.377 e. The average Bonchev–Trinajstić information content (AvgIpc) is 3.10. The summed E-state index contributed by atoms with van der Waals surface area (Å²) in [6.45, 7) is 5.88. The molecule has 1 unspecified atom stereocenters. The molecule has 140 valence electrons. The lowest BCUT2D eigenvalue weighted by Gasteiger charge is -2.12. The van der Waals surface area contributed by atoms with E-state index >= 15 is 0 Å². The highest BCUT2D eigenvalue weighted by Crippen LogP contribution is 2.14. The first-order valence-corrected chi connectivity index (χ1v) is 10.4. The van der Waals surface area contributed by atoms with E-state index in [2.05, 4.69) is 23.9 Å². The van der Waals surface area contributed by atoms with Crippen molar-refractivity contribution in [3.63, 3.8) is 0 Å². The second-order valence-electron chi connectivity index (χ2n) is 6.80. The van der Waals surface area contributed by atoms with Crippen LogP contribution in [0.1, 0.15) is 49.9 Å². The first kappa shape index (κ1) is 19.9. The number of hydrogen-bond acceptors (Lipinski definition) is 4. The predicted molar refractivity (Wildman–Crippen MR) is 97.0 cm³/mol. The van der Waals surface area contributed by atoms with E-state index in [9.17, 15) is 13.2 Å². The molecule has 1 aromatic rings. The number of carbonyl (C=O) groups is 1. The van der Waals surface area contributed by atoms with E-state index in [1.165, 1.54) is 12.1 Å². The molecule has 0 aliphatic carbocycles. The maximum Gasteiger partial charge on any atom is 0.251 e. The van der Waals surface area contributed by atoms with Gasteiger partial charge in [-0.25, -0.2) is 13.1 Å². The van der Waals surface area contributed by atoms with E-state index in [0.29, 0.717) is 24.6 Å². The van der Waals surface area contributed by atoms with Crippen molar-refractivity contribution in [1.29, 1.82) is 0 Å². The molecule has 1 saturated heterocycles. The summed E-state index contributed by atoms with van der Waals surface area (Å²) in [7, 11) is -3.58. The Bertz CT molecular complexity index is 650. The van der Waals surface area contributed by atoms with Crippen LogP contribution in [0.25, 0.3) is 0 Å². The van der Waals surface area contributed by atoms with Crippen LogP contribution in [0.5, 0.6) is 0 Å². The molecule has 7 heteroatoms. The summed E-state index contributed by atoms with van der Waals surface area (Å²) in [6, 6.07) is 6.00. The van der Waals surface area contributed by atoms with Crippen LogP contribution in [-0.4, -0.2) is 40.1 Å². The quantitative estimate of drug-likeness (QED) is 0.655. The third kappa shape index (κ3) is 6.41. The van der Waals surface area contributed by atoms with Gasteiger partial charge in [-0.1, -0.05) is 13.8 Å². The van der Waals surface area contributed by atoms with Gasteiger partial charge in [-0.05, 0) is 55.9 Å². The van der Waals surface area contributed by atoms with Gasteiger partial charge in [0, 0.05) is 25.3 Å². The first-order chi connectivity index (χ1) is 11.9. The molecular formula is C18H28N2O4S. The van der Waals surface area contributed by atoms with Crippen LogP contribution in [-0.2, 0) is 14.8 Å². The summed E-state index contributed by atoms with van der Waals surface area (Å²) in [4.78, 5) is 12.2. The molecule has 25 heavy (non-hydrogen) atoms.